The maximum Gasteiger partial charge on any atom is 0.225 e. The van der Waals surface area contributed by atoms with Crippen LogP contribution in [0.2, 0.25) is 5.28 Å². The average molecular weight is 384 g/mol. The lowest BCUT2D eigenvalue weighted by atomic mass is 9.99. The van der Waals surface area contributed by atoms with Crippen molar-refractivity contribution in [3.05, 3.63) is 70.1 Å². The summed E-state index contributed by atoms with van der Waals surface area (Å²) in [5, 5.41) is 6.29. The molecule has 3 nitrogen and oxygen atoms in total. The van der Waals surface area contributed by atoms with Gasteiger partial charge in [0.2, 0.25) is 5.28 Å². The van der Waals surface area contributed by atoms with E-state index in [1.807, 2.05) is 0 Å². The van der Waals surface area contributed by atoms with E-state index in [-0.39, 0.29) is 11.1 Å². The van der Waals surface area contributed by atoms with Gasteiger partial charge in [-0.2, -0.15) is 4.98 Å². The molecule has 0 spiro atoms. The Morgan fingerprint density at radius 3 is 2.65 bits per heavy atom. The molecule has 2 aromatic carbocycles. The molecule has 0 fully saturated rings. The van der Waals surface area contributed by atoms with Gasteiger partial charge in [-0.05, 0) is 54.8 Å². The molecule has 2 aromatic heterocycles. The quantitative estimate of drug-likeness (QED) is 0.410. The number of hydrogen-bond donors (Lipinski definition) is 1. The van der Waals surface area contributed by atoms with Crippen molar-refractivity contribution < 1.29 is 4.39 Å². The Labute approximate surface area is 159 Å². The fourth-order valence-electron chi connectivity index (χ4n) is 3.02. The summed E-state index contributed by atoms with van der Waals surface area (Å²) in [5.74, 6) is 0.258. The number of fused-ring (bicyclic) bond motifs is 1. The average Bonchev–Trinajstić information content (AvgIpc) is 2.98. The van der Waals surface area contributed by atoms with Crippen LogP contribution in [-0.2, 0) is 0 Å². The summed E-state index contributed by atoms with van der Waals surface area (Å²) in [4.78, 5) is 9.50. The monoisotopic (exact) mass is 383 g/mol. The fourth-order valence-corrected chi connectivity index (χ4v) is 4.18. The molecule has 4 aromatic rings. The van der Waals surface area contributed by atoms with Crippen molar-refractivity contribution in [3.63, 3.8) is 0 Å². The van der Waals surface area contributed by atoms with Crippen LogP contribution >= 0.6 is 22.9 Å². The molecule has 0 radical (unpaired) electrons. The standard InChI is InChI=1S/C20H15ClFN3S/c1-11-6-7-15(12(2)8-11)16-10-26-19-17(16)18(24-20(21)25-19)23-14-5-3-4-13(22)9-14/h3-10H,1-2H3,(H,23,24,25). The van der Waals surface area contributed by atoms with Gasteiger partial charge in [-0.15, -0.1) is 11.3 Å². The van der Waals surface area contributed by atoms with Crippen LogP contribution in [0.4, 0.5) is 15.9 Å². The minimum atomic E-state index is -0.314. The van der Waals surface area contributed by atoms with Crippen LogP contribution in [0, 0.1) is 19.7 Å². The predicted octanol–water partition coefficient (Wildman–Crippen LogP) is 6.51. The number of anilines is 2. The molecule has 130 valence electrons. The Morgan fingerprint density at radius 2 is 1.88 bits per heavy atom. The van der Waals surface area contributed by atoms with E-state index < -0.39 is 0 Å². The third-order valence-corrected chi connectivity index (χ3v) is 5.21. The minimum Gasteiger partial charge on any atom is -0.339 e. The highest BCUT2D eigenvalue weighted by Gasteiger charge is 2.16. The molecule has 0 atom stereocenters. The van der Waals surface area contributed by atoms with Crippen molar-refractivity contribution in [1.29, 1.82) is 0 Å². The van der Waals surface area contributed by atoms with E-state index in [2.05, 4.69) is 52.7 Å². The molecule has 0 aliphatic rings. The van der Waals surface area contributed by atoms with Crippen LogP contribution in [-0.4, -0.2) is 9.97 Å². The number of rotatable bonds is 3. The summed E-state index contributed by atoms with van der Waals surface area (Å²) in [7, 11) is 0. The molecule has 0 bridgehead atoms. The number of aromatic nitrogens is 2. The van der Waals surface area contributed by atoms with Gasteiger partial charge in [0.1, 0.15) is 16.5 Å². The highest BCUT2D eigenvalue weighted by atomic mass is 35.5. The zero-order valence-corrected chi connectivity index (χ0v) is 15.7. The zero-order valence-electron chi connectivity index (χ0n) is 14.2. The van der Waals surface area contributed by atoms with Gasteiger partial charge in [0, 0.05) is 16.6 Å². The van der Waals surface area contributed by atoms with E-state index in [0.717, 1.165) is 21.3 Å². The second-order valence-electron chi connectivity index (χ2n) is 6.12. The first-order chi connectivity index (χ1) is 12.5. The van der Waals surface area contributed by atoms with E-state index in [1.54, 1.807) is 12.1 Å². The van der Waals surface area contributed by atoms with Crippen LogP contribution in [0.25, 0.3) is 21.3 Å². The number of nitrogens with zero attached hydrogens (tertiary/aromatic N) is 2. The molecule has 0 saturated carbocycles. The third kappa shape index (κ3) is 3.16. The van der Waals surface area contributed by atoms with Crippen molar-refractivity contribution in [2.75, 3.05) is 5.32 Å². The van der Waals surface area contributed by atoms with Crippen LogP contribution in [0.15, 0.2) is 47.8 Å². The largest absolute Gasteiger partial charge is 0.339 e. The maximum atomic E-state index is 13.5. The lowest BCUT2D eigenvalue weighted by molar-refractivity contribution is 0.628. The number of thiophene rings is 1. The molecule has 2 heterocycles. The first-order valence-electron chi connectivity index (χ1n) is 8.06. The zero-order chi connectivity index (χ0) is 18.3. The lowest BCUT2D eigenvalue weighted by Crippen LogP contribution is -1.97. The molecule has 0 aliphatic carbocycles. The second kappa shape index (κ2) is 6.67. The van der Waals surface area contributed by atoms with Crippen LogP contribution in [0.5, 0.6) is 0 Å². The summed E-state index contributed by atoms with van der Waals surface area (Å²) in [6, 6.07) is 12.6. The van der Waals surface area contributed by atoms with E-state index >= 15 is 0 Å². The first kappa shape index (κ1) is 16.9. The molecule has 6 heteroatoms. The maximum absolute atomic E-state index is 13.5. The second-order valence-corrected chi connectivity index (χ2v) is 7.32. The topological polar surface area (TPSA) is 37.8 Å². The Morgan fingerprint density at radius 1 is 1.04 bits per heavy atom. The molecule has 4 rings (SSSR count). The van der Waals surface area contributed by atoms with Crippen molar-refractivity contribution in [1.82, 2.24) is 9.97 Å². The van der Waals surface area contributed by atoms with Crippen LogP contribution in [0.3, 0.4) is 0 Å². The summed E-state index contributed by atoms with van der Waals surface area (Å²) >= 11 is 7.61. The highest BCUT2D eigenvalue weighted by molar-refractivity contribution is 7.17. The number of halogens is 2. The summed E-state index contributed by atoms with van der Waals surface area (Å²) < 4.78 is 13.5. The van der Waals surface area contributed by atoms with Gasteiger partial charge in [-0.3, -0.25) is 0 Å². The number of hydrogen-bond acceptors (Lipinski definition) is 4. The molecular formula is C20H15ClFN3S. The van der Waals surface area contributed by atoms with Crippen LogP contribution in [0.1, 0.15) is 11.1 Å². The van der Waals surface area contributed by atoms with Gasteiger partial charge in [0.05, 0.1) is 5.39 Å². The summed E-state index contributed by atoms with van der Waals surface area (Å²) in [5.41, 5.74) is 5.16. The Bertz CT molecular complexity index is 1120. The van der Waals surface area contributed by atoms with Gasteiger partial charge in [-0.1, -0.05) is 29.8 Å². The van der Waals surface area contributed by atoms with Gasteiger partial charge >= 0.3 is 0 Å². The van der Waals surface area contributed by atoms with Gasteiger partial charge in [0.25, 0.3) is 0 Å². The van der Waals surface area contributed by atoms with E-state index in [4.69, 9.17) is 11.6 Å². The fraction of sp³-hybridized carbons (Fsp3) is 0.100. The highest BCUT2D eigenvalue weighted by Crippen LogP contribution is 2.39. The van der Waals surface area contributed by atoms with Crippen molar-refractivity contribution >= 4 is 44.7 Å². The van der Waals surface area contributed by atoms with Crippen molar-refractivity contribution in [3.8, 4) is 11.1 Å². The Balaban J connectivity index is 1.91. The van der Waals surface area contributed by atoms with Crippen molar-refractivity contribution in [2.45, 2.75) is 13.8 Å². The molecule has 0 unspecified atom stereocenters. The Kier molecular flexibility index (Phi) is 4.34. The lowest BCUT2D eigenvalue weighted by Gasteiger charge is -2.11. The summed E-state index contributed by atoms with van der Waals surface area (Å²) in [6.45, 7) is 4.16. The van der Waals surface area contributed by atoms with Crippen LogP contribution < -0.4 is 5.32 Å². The van der Waals surface area contributed by atoms with Crippen molar-refractivity contribution in [2.24, 2.45) is 0 Å². The van der Waals surface area contributed by atoms with E-state index in [1.165, 1.54) is 34.6 Å². The number of nitrogens with one attached hydrogen (secondary N) is 1. The van der Waals surface area contributed by atoms with Gasteiger partial charge < -0.3 is 5.32 Å². The molecular weight excluding hydrogens is 369 g/mol. The normalized spacial score (nSPS) is 11.1. The van der Waals surface area contributed by atoms with Gasteiger partial charge in [0.15, 0.2) is 0 Å². The third-order valence-electron chi connectivity index (χ3n) is 4.17. The van der Waals surface area contributed by atoms with Gasteiger partial charge in [-0.25, -0.2) is 9.37 Å². The first-order valence-corrected chi connectivity index (χ1v) is 9.32. The molecule has 0 amide bonds. The summed E-state index contributed by atoms with van der Waals surface area (Å²) in [6.07, 6.45) is 0. The number of aryl methyl sites for hydroxylation is 2. The predicted molar refractivity (Wildman–Crippen MR) is 107 cm³/mol. The van der Waals surface area contributed by atoms with E-state index in [0.29, 0.717) is 11.5 Å². The molecule has 0 aliphatic heterocycles. The minimum absolute atomic E-state index is 0.158. The SMILES string of the molecule is Cc1ccc(-c2csc3nc(Cl)nc(Nc4cccc(F)c4)c23)c(C)c1. The Hall–Kier alpha value is -2.50. The smallest absolute Gasteiger partial charge is 0.225 e. The molecule has 26 heavy (non-hydrogen) atoms. The molecule has 1 N–H and O–H groups in total. The molecule has 0 saturated heterocycles. The number of benzene rings is 2. The van der Waals surface area contributed by atoms with E-state index in [9.17, 15) is 4.39 Å².